The number of unbranched alkanes of at least 4 members (excludes halogenated alkanes) is 2. The Morgan fingerprint density at radius 3 is 2.44 bits per heavy atom. The molecular formula is C48H59N3O11S. The van der Waals surface area contributed by atoms with Crippen LogP contribution in [0.4, 0.5) is 16.2 Å². The Bertz CT molecular complexity index is 2120. The van der Waals surface area contributed by atoms with Gasteiger partial charge >= 0.3 is 6.09 Å². The van der Waals surface area contributed by atoms with E-state index in [1.54, 1.807) is 49.6 Å². The number of amides is 1. The number of hydrogen-bond donors (Lipinski definition) is 3. The van der Waals surface area contributed by atoms with Crippen molar-refractivity contribution in [3.05, 3.63) is 106 Å². The number of rotatable bonds is 21. The zero-order valence-electron chi connectivity index (χ0n) is 36.1. The van der Waals surface area contributed by atoms with Crippen LogP contribution in [0.5, 0.6) is 23.0 Å². The van der Waals surface area contributed by atoms with E-state index in [4.69, 9.17) is 33.7 Å². The molecule has 3 aliphatic carbocycles. The zero-order valence-corrected chi connectivity index (χ0v) is 36.9. The standard InChI is InChI=1S/C48H59N3O11S/c1-4-25-59-48-44(63-36-12-5-6-13-36)29-41(50-60-30-31-15-17-33(18-16-31)51(55)56)38-26-32(11-7-9-23-52)37(14-8-10-24-53)45(46(38)48)39-27-35(20-22-42(39)62-48)61-47(54)49-40-21-19-34(57-2)28-43(40)58-3/h4,15-22,26-28,32,36-37,44-46,52-53H,1,5-14,23-25,29-30H2,2-3H3,(H,49,54)/t32-,37+,44-,45+,46+,48+/m0/s1. The third kappa shape index (κ3) is 10.5. The number of aliphatic hydroxyl groups excluding tert-OH is 2. The van der Waals surface area contributed by atoms with Crippen molar-refractivity contribution in [2.75, 3.05) is 39.4 Å². The molecular weight excluding hydrogens is 827 g/mol. The van der Waals surface area contributed by atoms with Gasteiger partial charge in [-0.3, -0.25) is 15.4 Å². The largest absolute Gasteiger partial charge is 0.497 e. The van der Waals surface area contributed by atoms with Crippen LogP contribution in [0.3, 0.4) is 0 Å². The van der Waals surface area contributed by atoms with Crippen LogP contribution in [-0.2, 0) is 16.2 Å². The summed E-state index contributed by atoms with van der Waals surface area (Å²) in [7, 11) is 3.07. The normalized spacial score (nSPS) is 24.3. The molecule has 1 heterocycles. The number of anilines is 1. The van der Waals surface area contributed by atoms with Crippen LogP contribution in [0.2, 0.25) is 0 Å². The van der Waals surface area contributed by atoms with Crippen LogP contribution in [0.15, 0.2) is 90.1 Å². The SMILES string of the molecule is C=CCO[C@@]12Oc3ccc(OC(=O)Nc4ccc(OC)cc4OC)cc3[C@H]3[C@H](CCCCO)[C@@H](CCCCO)C=C(C(=NOCc4ccc([N+](=O)[O-])cc4)C[C@@H]1SC1CCCC1)[C@H]32. The topological polar surface area (TPSA) is 180 Å². The van der Waals surface area contributed by atoms with Crippen LogP contribution in [0.25, 0.3) is 0 Å². The molecule has 3 aromatic rings. The minimum Gasteiger partial charge on any atom is -0.497 e. The fraction of sp³-hybridized carbons (Fsp3) is 0.500. The summed E-state index contributed by atoms with van der Waals surface area (Å²) in [4.78, 5) is 30.6. The summed E-state index contributed by atoms with van der Waals surface area (Å²) < 4.78 is 31.2. The van der Waals surface area contributed by atoms with Gasteiger partial charge in [-0.05, 0) is 104 Å². The third-order valence-corrected chi connectivity index (χ3v) is 14.4. The maximum atomic E-state index is 13.5. The fourth-order valence-corrected chi connectivity index (χ4v) is 11.6. The number of hydrogen-bond acceptors (Lipinski definition) is 13. The quantitative estimate of drug-likeness (QED) is 0.0400. The van der Waals surface area contributed by atoms with E-state index in [1.165, 1.54) is 19.2 Å². The number of oxime groups is 1. The lowest BCUT2D eigenvalue weighted by atomic mass is 9.56. The predicted octanol–water partition coefficient (Wildman–Crippen LogP) is 9.73. The van der Waals surface area contributed by atoms with Crippen LogP contribution in [0.1, 0.15) is 87.7 Å². The van der Waals surface area contributed by atoms with Crippen molar-refractivity contribution in [2.24, 2.45) is 22.9 Å². The number of carbonyl (C=O) groups excluding carboxylic acids is 1. The molecule has 0 aromatic heterocycles. The summed E-state index contributed by atoms with van der Waals surface area (Å²) in [5.41, 5.74) is 3.83. The lowest BCUT2D eigenvalue weighted by molar-refractivity contribution is -0.384. The summed E-state index contributed by atoms with van der Waals surface area (Å²) in [6, 6.07) is 16.9. The highest BCUT2D eigenvalue weighted by molar-refractivity contribution is 8.00. The van der Waals surface area contributed by atoms with E-state index in [2.05, 4.69) is 18.0 Å². The maximum absolute atomic E-state index is 13.5. The zero-order chi connectivity index (χ0) is 44.3. The van der Waals surface area contributed by atoms with E-state index < -0.39 is 16.8 Å². The first kappa shape index (κ1) is 45.9. The van der Waals surface area contributed by atoms with E-state index >= 15 is 0 Å². The molecule has 15 heteroatoms. The van der Waals surface area contributed by atoms with Crippen molar-refractivity contribution in [2.45, 2.75) is 99.4 Å². The fourth-order valence-electron chi connectivity index (χ4n) is 9.81. The van der Waals surface area contributed by atoms with E-state index in [0.717, 1.165) is 73.8 Å². The van der Waals surface area contributed by atoms with E-state index in [1.807, 2.05) is 23.9 Å². The van der Waals surface area contributed by atoms with E-state index in [0.29, 0.717) is 53.2 Å². The van der Waals surface area contributed by atoms with Gasteiger partial charge in [-0.1, -0.05) is 43.0 Å². The smallest absolute Gasteiger partial charge is 0.417 e. The predicted molar refractivity (Wildman–Crippen MR) is 242 cm³/mol. The average molecular weight is 886 g/mol. The number of nitro benzene ring substituents is 1. The van der Waals surface area contributed by atoms with Gasteiger partial charge in [0.2, 0.25) is 5.79 Å². The average Bonchev–Trinajstić information content (AvgIpc) is 3.81. The van der Waals surface area contributed by atoms with Crippen LogP contribution in [0, 0.1) is 27.9 Å². The van der Waals surface area contributed by atoms with Crippen LogP contribution < -0.4 is 24.3 Å². The highest BCUT2D eigenvalue weighted by Crippen LogP contribution is 2.63. The Kier molecular flexibility index (Phi) is 15.7. The summed E-state index contributed by atoms with van der Waals surface area (Å²) >= 11 is 1.90. The van der Waals surface area contributed by atoms with Gasteiger partial charge in [0.15, 0.2) is 0 Å². The van der Waals surface area contributed by atoms with Crippen molar-refractivity contribution in [3.63, 3.8) is 0 Å². The first-order valence-electron chi connectivity index (χ1n) is 22.0. The second-order valence-electron chi connectivity index (χ2n) is 16.6. The molecule has 7 rings (SSSR count). The molecule has 0 spiro atoms. The van der Waals surface area contributed by atoms with Gasteiger partial charge in [0.25, 0.3) is 5.69 Å². The first-order chi connectivity index (χ1) is 30.7. The minimum absolute atomic E-state index is 0.00316. The van der Waals surface area contributed by atoms with Gasteiger partial charge in [0, 0.05) is 54.6 Å². The van der Waals surface area contributed by atoms with E-state index in [-0.39, 0.29) is 61.0 Å². The van der Waals surface area contributed by atoms with Gasteiger partial charge < -0.3 is 38.7 Å². The number of benzene rings is 3. The van der Waals surface area contributed by atoms with Crippen molar-refractivity contribution in [3.8, 4) is 23.0 Å². The second-order valence-corrected chi connectivity index (χ2v) is 18.1. The van der Waals surface area contributed by atoms with Crippen LogP contribution in [-0.4, -0.2) is 77.3 Å². The van der Waals surface area contributed by atoms with Gasteiger partial charge in [0.05, 0.1) is 48.3 Å². The summed E-state index contributed by atoms with van der Waals surface area (Å²) in [5, 5.41) is 39.1. The molecule has 3 aromatic carbocycles. The summed E-state index contributed by atoms with van der Waals surface area (Å²) in [5.74, 6) is 0.406. The van der Waals surface area contributed by atoms with Crippen LogP contribution >= 0.6 is 11.8 Å². The molecule has 2 saturated carbocycles. The van der Waals surface area contributed by atoms with Gasteiger partial charge in [-0.2, -0.15) is 0 Å². The molecule has 6 atom stereocenters. The Labute approximate surface area is 373 Å². The number of nitro groups is 1. The number of nitrogens with zero attached hydrogens (tertiary/aromatic N) is 2. The first-order valence-corrected chi connectivity index (χ1v) is 23.0. The van der Waals surface area contributed by atoms with Crippen molar-refractivity contribution in [1.82, 2.24) is 0 Å². The number of thioether (sulfide) groups is 1. The highest BCUT2D eigenvalue weighted by atomic mass is 32.2. The summed E-state index contributed by atoms with van der Waals surface area (Å²) in [6.07, 6.45) is 12.9. The van der Waals surface area contributed by atoms with Gasteiger partial charge in [-0.15, -0.1) is 18.3 Å². The van der Waals surface area contributed by atoms with Gasteiger partial charge in [-0.25, -0.2) is 4.79 Å². The van der Waals surface area contributed by atoms with Crippen molar-refractivity contribution < 1.29 is 48.5 Å². The number of aliphatic hydroxyl groups is 2. The molecule has 0 bridgehead atoms. The molecule has 14 nitrogen and oxygen atoms in total. The van der Waals surface area contributed by atoms with E-state index in [9.17, 15) is 25.1 Å². The Morgan fingerprint density at radius 1 is 1.00 bits per heavy atom. The second kappa shape index (κ2) is 21.5. The molecule has 2 fully saturated rings. The molecule has 63 heavy (non-hydrogen) atoms. The monoisotopic (exact) mass is 885 g/mol. The molecule has 3 N–H and O–H groups in total. The van der Waals surface area contributed by atoms with Gasteiger partial charge in [0.1, 0.15) is 29.6 Å². The number of ether oxygens (including phenoxy) is 5. The highest BCUT2D eigenvalue weighted by Gasteiger charge is 2.64. The number of non-ortho nitro benzene ring substituents is 1. The lowest BCUT2D eigenvalue weighted by Gasteiger charge is -2.58. The Hall–Kier alpha value is -5.09. The molecule has 1 amide bonds. The Morgan fingerprint density at radius 2 is 1.75 bits per heavy atom. The number of allylic oxidation sites excluding steroid dienone is 1. The Balaban J connectivity index is 1.32. The molecule has 1 aliphatic heterocycles. The molecule has 0 radical (unpaired) electrons. The molecule has 0 saturated heterocycles. The number of carbonyl (C=O) groups is 1. The number of nitrogens with one attached hydrogen (secondary N) is 1. The number of fused-ring (bicyclic) bond motifs is 2. The maximum Gasteiger partial charge on any atom is 0.417 e. The molecule has 0 unspecified atom stereocenters. The minimum atomic E-state index is -1.13. The molecule has 4 aliphatic rings. The third-order valence-electron chi connectivity index (χ3n) is 12.7. The molecule has 338 valence electrons. The van der Waals surface area contributed by atoms with Crippen molar-refractivity contribution >= 4 is 34.9 Å². The van der Waals surface area contributed by atoms with Crippen molar-refractivity contribution in [1.29, 1.82) is 0 Å². The lowest BCUT2D eigenvalue weighted by Crippen LogP contribution is -2.64. The summed E-state index contributed by atoms with van der Waals surface area (Å²) in [6.45, 7) is 4.58. The number of methoxy groups -OCH3 is 2.